The first-order valence-corrected chi connectivity index (χ1v) is 4.43. The number of hydrogen-bond donors (Lipinski definition) is 1. The summed E-state index contributed by atoms with van der Waals surface area (Å²) in [7, 11) is 1.36. The van der Waals surface area contributed by atoms with E-state index in [-0.39, 0.29) is 11.3 Å². The van der Waals surface area contributed by atoms with E-state index < -0.39 is 19.0 Å². The van der Waals surface area contributed by atoms with Crippen molar-refractivity contribution in [2.75, 3.05) is 19.5 Å². The molecule has 16 heavy (non-hydrogen) atoms. The lowest BCUT2D eigenvalue weighted by atomic mass is 10.2. The first kappa shape index (κ1) is 12.2. The molecule has 0 radical (unpaired) electrons. The Morgan fingerprint density at radius 2 is 2.19 bits per heavy atom. The number of esters is 1. The second kappa shape index (κ2) is 5.29. The Morgan fingerprint density at radius 1 is 1.50 bits per heavy atom. The zero-order chi connectivity index (χ0) is 12.1. The summed E-state index contributed by atoms with van der Waals surface area (Å²) >= 11 is 0. The van der Waals surface area contributed by atoms with Crippen molar-refractivity contribution in [2.24, 2.45) is 0 Å². The lowest BCUT2D eigenvalue weighted by Gasteiger charge is -2.09. The third-order valence-electron chi connectivity index (χ3n) is 1.78. The molecule has 0 amide bonds. The van der Waals surface area contributed by atoms with Gasteiger partial charge in [0.05, 0.1) is 7.11 Å². The minimum absolute atomic E-state index is 0.0307. The second-order valence-electron chi connectivity index (χ2n) is 2.95. The van der Waals surface area contributed by atoms with Crippen LogP contribution in [0.15, 0.2) is 18.2 Å². The van der Waals surface area contributed by atoms with Gasteiger partial charge in [-0.3, -0.25) is 0 Å². The minimum atomic E-state index is -2.70. The summed E-state index contributed by atoms with van der Waals surface area (Å²) in [5, 5.41) is 0. The predicted molar refractivity (Wildman–Crippen MR) is 53.7 cm³/mol. The number of carbonyl (C=O) groups is 1. The molecular weight excluding hydrogens is 220 g/mol. The maximum atomic E-state index is 11.8. The van der Waals surface area contributed by atoms with Crippen LogP contribution in [-0.4, -0.2) is 26.1 Å². The molecule has 0 unspecified atom stereocenters. The van der Waals surface area contributed by atoms with Gasteiger partial charge < -0.3 is 15.2 Å². The van der Waals surface area contributed by atoms with Gasteiger partial charge in [0.15, 0.2) is 6.61 Å². The Hall–Kier alpha value is -1.85. The lowest BCUT2D eigenvalue weighted by molar-refractivity contribution is 0.0157. The van der Waals surface area contributed by atoms with E-state index in [9.17, 15) is 13.6 Å². The first-order valence-electron chi connectivity index (χ1n) is 4.43. The summed E-state index contributed by atoms with van der Waals surface area (Å²) in [4.78, 5) is 11.4. The van der Waals surface area contributed by atoms with Gasteiger partial charge in [-0.05, 0) is 18.2 Å². The highest BCUT2D eigenvalue weighted by Gasteiger charge is 2.16. The van der Waals surface area contributed by atoms with Crippen LogP contribution in [0.5, 0.6) is 5.75 Å². The Bertz CT molecular complexity index is 382. The molecule has 6 heteroatoms. The molecule has 88 valence electrons. The van der Waals surface area contributed by atoms with Crippen LogP contribution >= 0.6 is 0 Å². The molecule has 1 rings (SSSR count). The molecule has 0 aliphatic heterocycles. The van der Waals surface area contributed by atoms with E-state index in [0.29, 0.717) is 5.69 Å². The molecule has 4 nitrogen and oxygen atoms in total. The van der Waals surface area contributed by atoms with Gasteiger partial charge >= 0.3 is 5.97 Å². The highest BCUT2D eigenvalue weighted by Crippen LogP contribution is 2.21. The smallest absolute Gasteiger partial charge is 0.342 e. The number of anilines is 1. The molecule has 0 aliphatic rings. The van der Waals surface area contributed by atoms with Crippen LogP contribution in [0.3, 0.4) is 0 Å². The zero-order valence-electron chi connectivity index (χ0n) is 8.57. The van der Waals surface area contributed by atoms with Crippen molar-refractivity contribution in [3.8, 4) is 5.75 Å². The third kappa shape index (κ3) is 3.08. The van der Waals surface area contributed by atoms with E-state index in [1.165, 1.54) is 25.3 Å². The van der Waals surface area contributed by atoms with Crippen molar-refractivity contribution >= 4 is 11.7 Å². The number of carbonyl (C=O) groups excluding carboxylic acids is 1. The summed E-state index contributed by atoms with van der Waals surface area (Å²) in [6.45, 7) is -0.948. The molecule has 0 aromatic heterocycles. The molecule has 0 bridgehead atoms. The summed E-state index contributed by atoms with van der Waals surface area (Å²) in [5.74, 6) is -0.655. The van der Waals surface area contributed by atoms with E-state index in [2.05, 4.69) is 4.74 Å². The topological polar surface area (TPSA) is 61.5 Å². The standard InChI is InChI=1S/C10H11F2NO3/c1-15-8-3-2-6(13)4-7(8)10(14)16-5-9(11)12/h2-4,9H,5,13H2,1H3. The molecular formula is C10H11F2NO3. The zero-order valence-corrected chi connectivity index (χ0v) is 8.57. The normalized spacial score (nSPS) is 10.2. The summed E-state index contributed by atoms with van der Waals surface area (Å²) in [5.41, 5.74) is 5.82. The quantitative estimate of drug-likeness (QED) is 0.632. The van der Waals surface area contributed by atoms with Crippen LogP contribution in [0.1, 0.15) is 10.4 Å². The van der Waals surface area contributed by atoms with Crippen LogP contribution in [0.4, 0.5) is 14.5 Å². The average molecular weight is 231 g/mol. The fraction of sp³-hybridized carbons (Fsp3) is 0.300. The van der Waals surface area contributed by atoms with Crippen LogP contribution in [0, 0.1) is 0 Å². The summed E-state index contributed by atoms with van der Waals surface area (Å²) in [6.07, 6.45) is -2.70. The van der Waals surface area contributed by atoms with E-state index in [1.807, 2.05) is 0 Å². The molecule has 1 aromatic rings. The molecule has 0 aliphatic carbocycles. The molecule has 0 saturated heterocycles. The Balaban J connectivity index is 2.84. The summed E-state index contributed by atoms with van der Waals surface area (Å²) < 4.78 is 32.9. The van der Waals surface area contributed by atoms with Crippen molar-refractivity contribution < 1.29 is 23.0 Å². The van der Waals surface area contributed by atoms with Gasteiger partial charge in [0.2, 0.25) is 0 Å². The first-order chi connectivity index (χ1) is 7.54. The van der Waals surface area contributed by atoms with Crippen LogP contribution in [-0.2, 0) is 4.74 Å². The summed E-state index contributed by atoms with van der Waals surface area (Å²) in [6, 6.07) is 4.31. The molecule has 0 atom stereocenters. The Morgan fingerprint density at radius 3 is 2.75 bits per heavy atom. The SMILES string of the molecule is COc1ccc(N)cc1C(=O)OCC(F)F. The fourth-order valence-electron chi connectivity index (χ4n) is 1.10. The average Bonchev–Trinajstić information content (AvgIpc) is 2.25. The number of hydrogen-bond acceptors (Lipinski definition) is 4. The van der Waals surface area contributed by atoms with Gasteiger partial charge in [0, 0.05) is 5.69 Å². The monoisotopic (exact) mass is 231 g/mol. The number of rotatable bonds is 4. The van der Waals surface area contributed by atoms with Crippen molar-refractivity contribution in [3.63, 3.8) is 0 Å². The van der Waals surface area contributed by atoms with E-state index in [1.54, 1.807) is 0 Å². The highest BCUT2D eigenvalue weighted by atomic mass is 19.3. The number of nitrogens with two attached hydrogens (primary N) is 1. The largest absolute Gasteiger partial charge is 0.496 e. The molecule has 0 fully saturated rings. The van der Waals surface area contributed by atoms with Crippen LogP contribution in [0.2, 0.25) is 0 Å². The van der Waals surface area contributed by atoms with Crippen molar-refractivity contribution in [2.45, 2.75) is 6.43 Å². The fourth-order valence-corrected chi connectivity index (χ4v) is 1.10. The van der Waals surface area contributed by atoms with E-state index >= 15 is 0 Å². The number of alkyl halides is 2. The second-order valence-corrected chi connectivity index (χ2v) is 2.95. The molecule has 0 heterocycles. The maximum Gasteiger partial charge on any atom is 0.342 e. The number of methoxy groups -OCH3 is 1. The number of ether oxygens (including phenoxy) is 2. The highest BCUT2D eigenvalue weighted by molar-refractivity contribution is 5.93. The maximum absolute atomic E-state index is 11.8. The Kier molecular flexibility index (Phi) is 4.04. The molecule has 2 N–H and O–H groups in total. The molecule has 0 saturated carbocycles. The van der Waals surface area contributed by atoms with Crippen molar-refractivity contribution in [3.05, 3.63) is 23.8 Å². The van der Waals surface area contributed by atoms with Gasteiger partial charge in [-0.2, -0.15) is 0 Å². The predicted octanol–water partition coefficient (Wildman–Crippen LogP) is 1.70. The number of nitrogen functional groups attached to an aromatic ring is 1. The number of halogens is 2. The lowest BCUT2D eigenvalue weighted by Crippen LogP contribution is -2.12. The van der Waals surface area contributed by atoms with Gasteiger partial charge in [-0.1, -0.05) is 0 Å². The molecule has 1 aromatic carbocycles. The van der Waals surface area contributed by atoms with Gasteiger partial charge in [0.25, 0.3) is 6.43 Å². The van der Waals surface area contributed by atoms with Gasteiger partial charge in [-0.25, -0.2) is 13.6 Å². The third-order valence-corrected chi connectivity index (χ3v) is 1.78. The minimum Gasteiger partial charge on any atom is -0.496 e. The van der Waals surface area contributed by atoms with Crippen LogP contribution in [0.25, 0.3) is 0 Å². The van der Waals surface area contributed by atoms with E-state index in [0.717, 1.165) is 0 Å². The van der Waals surface area contributed by atoms with Crippen molar-refractivity contribution in [1.29, 1.82) is 0 Å². The van der Waals surface area contributed by atoms with Crippen molar-refractivity contribution in [1.82, 2.24) is 0 Å². The molecule has 0 spiro atoms. The van der Waals surface area contributed by atoms with Gasteiger partial charge in [0.1, 0.15) is 11.3 Å². The van der Waals surface area contributed by atoms with Gasteiger partial charge in [-0.15, -0.1) is 0 Å². The Labute approximate surface area is 91.0 Å². The number of benzene rings is 1. The van der Waals surface area contributed by atoms with E-state index in [4.69, 9.17) is 10.5 Å². The van der Waals surface area contributed by atoms with Crippen LogP contribution < -0.4 is 10.5 Å².